The van der Waals surface area contributed by atoms with E-state index in [0.717, 1.165) is 27.8 Å². The second-order valence-electron chi connectivity index (χ2n) is 8.09. The summed E-state index contributed by atoms with van der Waals surface area (Å²) < 4.78 is 6.76. The van der Waals surface area contributed by atoms with Gasteiger partial charge < -0.3 is 15.0 Å². The van der Waals surface area contributed by atoms with Gasteiger partial charge in [-0.05, 0) is 41.5 Å². The molecule has 0 spiro atoms. The number of benzene rings is 3. The van der Waals surface area contributed by atoms with E-state index in [1.54, 1.807) is 13.2 Å². The average molecular weight is 453 g/mol. The first-order valence-electron chi connectivity index (χ1n) is 11.1. The molecule has 0 saturated heterocycles. The SMILES string of the molecule is COc1ccc([C@H](CNC(=O)Cn2c(=O)cnc3ccccc32)c2c[nH]c3ccccc23)cc1. The molecule has 2 heterocycles. The molecule has 5 aromatic rings. The van der Waals surface area contributed by atoms with Gasteiger partial charge in [0.2, 0.25) is 5.91 Å². The molecular weight excluding hydrogens is 428 g/mol. The van der Waals surface area contributed by atoms with Crippen molar-refractivity contribution in [3.05, 3.63) is 107 Å². The first-order valence-corrected chi connectivity index (χ1v) is 11.1. The highest BCUT2D eigenvalue weighted by atomic mass is 16.5. The van der Waals surface area contributed by atoms with E-state index < -0.39 is 0 Å². The van der Waals surface area contributed by atoms with Crippen LogP contribution >= 0.6 is 0 Å². The normalized spacial score (nSPS) is 12.0. The Kier molecular flexibility index (Phi) is 5.82. The molecular formula is C27H24N4O3. The van der Waals surface area contributed by atoms with Crippen LogP contribution in [0.15, 0.2) is 90.0 Å². The van der Waals surface area contributed by atoms with E-state index in [4.69, 9.17) is 4.74 Å². The number of carbonyl (C=O) groups is 1. The summed E-state index contributed by atoms with van der Waals surface area (Å²) in [5.74, 6) is 0.447. The van der Waals surface area contributed by atoms with Crippen molar-refractivity contribution in [3.63, 3.8) is 0 Å². The maximum Gasteiger partial charge on any atom is 0.269 e. The van der Waals surface area contributed by atoms with Crippen molar-refractivity contribution in [1.82, 2.24) is 19.9 Å². The molecule has 0 aliphatic rings. The number of para-hydroxylation sites is 3. The number of rotatable bonds is 7. The lowest BCUT2D eigenvalue weighted by Crippen LogP contribution is -2.35. The minimum absolute atomic E-state index is 0.0783. The van der Waals surface area contributed by atoms with Gasteiger partial charge in [0.05, 0.1) is 24.3 Å². The number of aromatic nitrogens is 3. The van der Waals surface area contributed by atoms with Crippen LogP contribution in [0.1, 0.15) is 17.0 Å². The number of nitrogens with zero attached hydrogens (tertiary/aromatic N) is 2. The third-order valence-corrected chi connectivity index (χ3v) is 6.07. The first kappa shape index (κ1) is 21.5. The Bertz CT molecular complexity index is 1520. The van der Waals surface area contributed by atoms with E-state index in [0.29, 0.717) is 17.6 Å². The smallest absolute Gasteiger partial charge is 0.269 e. The second kappa shape index (κ2) is 9.23. The molecule has 170 valence electrons. The van der Waals surface area contributed by atoms with Crippen LogP contribution in [0.2, 0.25) is 0 Å². The fraction of sp³-hybridized carbons (Fsp3) is 0.148. The molecule has 7 nitrogen and oxygen atoms in total. The summed E-state index contributed by atoms with van der Waals surface area (Å²) >= 11 is 0. The largest absolute Gasteiger partial charge is 0.497 e. The average Bonchev–Trinajstić information content (AvgIpc) is 3.30. The lowest BCUT2D eigenvalue weighted by molar-refractivity contribution is -0.121. The molecule has 3 aromatic carbocycles. The number of methoxy groups -OCH3 is 1. The zero-order valence-electron chi connectivity index (χ0n) is 18.7. The molecule has 0 bridgehead atoms. The summed E-state index contributed by atoms with van der Waals surface area (Å²) in [5, 5.41) is 4.14. The minimum Gasteiger partial charge on any atom is -0.497 e. The second-order valence-corrected chi connectivity index (χ2v) is 8.09. The number of nitrogens with one attached hydrogen (secondary N) is 2. The Morgan fingerprint density at radius 3 is 2.65 bits per heavy atom. The Morgan fingerprint density at radius 1 is 1.06 bits per heavy atom. The van der Waals surface area contributed by atoms with Gasteiger partial charge in [0.25, 0.3) is 5.56 Å². The van der Waals surface area contributed by atoms with Crippen molar-refractivity contribution in [2.45, 2.75) is 12.5 Å². The van der Waals surface area contributed by atoms with Crippen molar-refractivity contribution in [1.29, 1.82) is 0 Å². The maximum absolute atomic E-state index is 13.0. The third-order valence-electron chi connectivity index (χ3n) is 6.07. The number of hydrogen-bond donors (Lipinski definition) is 2. The quantitative estimate of drug-likeness (QED) is 0.393. The minimum atomic E-state index is -0.308. The summed E-state index contributed by atoms with van der Waals surface area (Å²) in [7, 11) is 1.64. The Hall–Kier alpha value is -4.39. The van der Waals surface area contributed by atoms with Crippen LogP contribution in [-0.4, -0.2) is 34.1 Å². The van der Waals surface area contributed by atoms with Gasteiger partial charge in [0.1, 0.15) is 12.3 Å². The highest BCUT2D eigenvalue weighted by Gasteiger charge is 2.20. The van der Waals surface area contributed by atoms with Crippen molar-refractivity contribution in [2.24, 2.45) is 0 Å². The molecule has 5 rings (SSSR count). The summed E-state index contributed by atoms with van der Waals surface area (Å²) in [6.45, 7) is 0.301. The molecule has 1 amide bonds. The molecule has 0 aliphatic carbocycles. The number of fused-ring (bicyclic) bond motifs is 2. The predicted molar refractivity (Wildman–Crippen MR) is 132 cm³/mol. The van der Waals surface area contributed by atoms with Crippen LogP contribution in [-0.2, 0) is 11.3 Å². The molecule has 2 N–H and O–H groups in total. The van der Waals surface area contributed by atoms with Crippen LogP contribution in [0, 0.1) is 0 Å². The van der Waals surface area contributed by atoms with Gasteiger partial charge in [0, 0.05) is 29.6 Å². The molecule has 7 heteroatoms. The lowest BCUT2D eigenvalue weighted by atomic mass is 9.91. The molecule has 2 aromatic heterocycles. The van der Waals surface area contributed by atoms with Gasteiger partial charge in [-0.15, -0.1) is 0 Å². The summed E-state index contributed by atoms with van der Waals surface area (Å²) in [6, 6.07) is 23.3. The monoisotopic (exact) mass is 452 g/mol. The Labute approximate surface area is 196 Å². The van der Waals surface area contributed by atoms with Crippen LogP contribution in [0.3, 0.4) is 0 Å². The third kappa shape index (κ3) is 4.15. The lowest BCUT2D eigenvalue weighted by Gasteiger charge is -2.19. The van der Waals surface area contributed by atoms with Crippen molar-refractivity contribution < 1.29 is 9.53 Å². The van der Waals surface area contributed by atoms with Gasteiger partial charge in [-0.1, -0.05) is 42.5 Å². The number of ether oxygens (including phenoxy) is 1. The van der Waals surface area contributed by atoms with Crippen molar-refractivity contribution >= 4 is 27.8 Å². The van der Waals surface area contributed by atoms with E-state index in [1.807, 2.05) is 66.9 Å². The summed E-state index contributed by atoms with van der Waals surface area (Å²) in [6.07, 6.45) is 3.24. The number of amides is 1. The summed E-state index contributed by atoms with van der Waals surface area (Å²) in [4.78, 5) is 32.9. The fourth-order valence-electron chi connectivity index (χ4n) is 4.32. The van der Waals surface area contributed by atoms with Gasteiger partial charge in [-0.25, -0.2) is 4.98 Å². The number of H-pyrrole nitrogens is 1. The van der Waals surface area contributed by atoms with Gasteiger partial charge >= 0.3 is 0 Å². The molecule has 1 atom stereocenters. The van der Waals surface area contributed by atoms with Crippen molar-refractivity contribution in [3.8, 4) is 5.75 Å². The van der Waals surface area contributed by atoms with Crippen LogP contribution < -0.4 is 15.6 Å². The summed E-state index contributed by atoms with van der Waals surface area (Å²) in [5.41, 5.74) is 4.18. The number of carbonyl (C=O) groups excluding carboxylic acids is 1. The fourth-order valence-corrected chi connectivity index (χ4v) is 4.32. The molecule has 0 fully saturated rings. The van der Waals surface area contributed by atoms with E-state index >= 15 is 0 Å². The molecule has 34 heavy (non-hydrogen) atoms. The molecule has 0 saturated carbocycles. The first-order chi connectivity index (χ1) is 16.6. The molecule has 0 radical (unpaired) electrons. The van der Waals surface area contributed by atoms with Crippen molar-refractivity contribution in [2.75, 3.05) is 13.7 Å². The molecule has 0 unspecified atom stereocenters. The van der Waals surface area contributed by atoms with E-state index in [2.05, 4.69) is 21.4 Å². The highest BCUT2D eigenvalue weighted by molar-refractivity contribution is 5.84. The van der Waals surface area contributed by atoms with Crippen LogP contribution in [0.25, 0.3) is 21.9 Å². The van der Waals surface area contributed by atoms with Gasteiger partial charge in [-0.3, -0.25) is 14.2 Å². The topological polar surface area (TPSA) is 89.0 Å². The predicted octanol–water partition coefficient (Wildman–Crippen LogP) is 3.83. The maximum atomic E-state index is 13.0. The highest BCUT2D eigenvalue weighted by Crippen LogP contribution is 2.31. The Balaban J connectivity index is 1.42. The zero-order chi connectivity index (χ0) is 23.5. The van der Waals surface area contributed by atoms with E-state index in [1.165, 1.54) is 10.8 Å². The van der Waals surface area contributed by atoms with Gasteiger partial charge in [0.15, 0.2) is 0 Å². The van der Waals surface area contributed by atoms with Crippen LogP contribution in [0.4, 0.5) is 0 Å². The van der Waals surface area contributed by atoms with Gasteiger partial charge in [-0.2, -0.15) is 0 Å². The zero-order valence-corrected chi connectivity index (χ0v) is 18.7. The number of hydrogen-bond acceptors (Lipinski definition) is 4. The van der Waals surface area contributed by atoms with E-state index in [9.17, 15) is 9.59 Å². The standard InChI is InChI=1S/C27H24N4O3/c1-34-19-12-10-18(11-13-19)21(22-15-28-23-7-3-2-6-20(22)23)14-30-26(32)17-31-25-9-5-4-8-24(25)29-16-27(31)33/h2-13,15-16,21,28H,14,17H2,1H3,(H,30,32)/t21-/m0/s1. The Morgan fingerprint density at radius 2 is 1.82 bits per heavy atom. The van der Waals surface area contributed by atoms with Crippen LogP contribution in [0.5, 0.6) is 5.75 Å². The molecule has 0 aliphatic heterocycles. The van der Waals surface area contributed by atoms with E-state index in [-0.39, 0.29) is 23.9 Å². The number of aromatic amines is 1.